The van der Waals surface area contributed by atoms with E-state index in [1.54, 1.807) is 0 Å². The van der Waals surface area contributed by atoms with Crippen molar-refractivity contribution >= 4 is 28.6 Å². The molecule has 0 spiro atoms. The molecule has 2 amide bonds. The first-order chi connectivity index (χ1) is 19.0. The predicted molar refractivity (Wildman–Crippen MR) is 174 cm³/mol. The lowest BCUT2D eigenvalue weighted by Crippen LogP contribution is -2.49. The molecule has 0 N–H and O–H groups in total. The summed E-state index contributed by atoms with van der Waals surface area (Å²) in [6.45, 7) is 26.5. The first-order valence-corrected chi connectivity index (χ1v) is 21.0. The van der Waals surface area contributed by atoms with Crippen LogP contribution in [0.2, 0.25) is 36.3 Å². The number of benzene rings is 1. The van der Waals surface area contributed by atoms with Crippen LogP contribution < -0.4 is 0 Å². The van der Waals surface area contributed by atoms with Gasteiger partial charge in [0.15, 0.2) is 16.6 Å². The lowest BCUT2D eigenvalue weighted by molar-refractivity contribution is -0.135. The minimum atomic E-state index is -2.08. The molecule has 1 aliphatic heterocycles. The Balaban J connectivity index is 2.39. The van der Waals surface area contributed by atoms with Gasteiger partial charge in [-0.05, 0) is 73.6 Å². The molecule has 5 atom stereocenters. The number of carbonyl (C=O) groups is 2. The van der Waals surface area contributed by atoms with Crippen LogP contribution in [0, 0.1) is 11.8 Å². The number of hydrogen-bond acceptors (Lipinski definition) is 5. The van der Waals surface area contributed by atoms with Crippen LogP contribution in [0.1, 0.15) is 74.8 Å². The SMILES string of the molecule is CC[Si](CC)(CC)O[C@@H](/C(C)=C/[C@H](C)[C@@H](C)O[Si](C)(C)C(C)(C)C)[C@@H](C)C(=O)N1C(=O)OC[C@H]1Cc1ccccc1. The quantitative estimate of drug-likeness (QED) is 0.157. The highest BCUT2D eigenvalue weighted by Gasteiger charge is 2.44. The number of hydrogen-bond donors (Lipinski definition) is 0. The minimum Gasteiger partial charge on any atom is -0.447 e. The second kappa shape index (κ2) is 14.6. The van der Waals surface area contributed by atoms with Crippen molar-refractivity contribution in [2.75, 3.05) is 6.61 Å². The smallest absolute Gasteiger partial charge is 0.416 e. The van der Waals surface area contributed by atoms with Gasteiger partial charge in [-0.25, -0.2) is 9.69 Å². The summed E-state index contributed by atoms with van der Waals surface area (Å²) in [4.78, 5) is 28.3. The molecule has 6 nitrogen and oxygen atoms in total. The Morgan fingerprint density at radius 1 is 1.05 bits per heavy atom. The molecule has 8 heteroatoms. The molecular weight excluding hydrogens is 547 g/mol. The maximum Gasteiger partial charge on any atom is 0.416 e. The van der Waals surface area contributed by atoms with Crippen LogP contribution in [0.5, 0.6) is 0 Å². The first-order valence-electron chi connectivity index (χ1n) is 15.6. The zero-order valence-corrected chi connectivity index (χ0v) is 29.9. The molecule has 0 aromatic heterocycles. The fraction of sp³-hybridized carbons (Fsp3) is 0.697. The predicted octanol–water partition coefficient (Wildman–Crippen LogP) is 8.60. The van der Waals surface area contributed by atoms with E-state index in [-0.39, 0.29) is 35.6 Å². The third kappa shape index (κ3) is 8.88. The van der Waals surface area contributed by atoms with Crippen LogP contribution in [0.3, 0.4) is 0 Å². The molecule has 41 heavy (non-hydrogen) atoms. The Morgan fingerprint density at radius 2 is 1.61 bits per heavy atom. The van der Waals surface area contributed by atoms with Crippen LogP contribution in [0.25, 0.3) is 0 Å². The maximum atomic E-state index is 14.1. The second-order valence-corrected chi connectivity index (χ2v) is 23.0. The second-order valence-electron chi connectivity index (χ2n) is 13.6. The molecule has 1 aliphatic rings. The van der Waals surface area contributed by atoms with Crippen molar-refractivity contribution in [1.29, 1.82) is 0 Å². The maximum absolute atomic E-state index is 14.1. The third-order valence-electron chi connectivity index (χ3n) is 9.67. The van der Waals surface area contributed by atoms with E-state index < -0.39 is 34.7 Å². The summed E-state index contributed by atoms with van der Waals surface area (Å²) < 4.78 is 19.2. The molecule has 0 bridgehead atoms. The molecule has 1 fully saturated rings. The average molecular weight is 604 g/mol. The summed E-state index contributed by atoms with van der Waals surface area (Å²) in [5.41, 5.74) is 2.10. The molecule has 0 radical (unpaired) electrons. The fourth-order valence-corrected chi connectivity index (χ4v) is 9.79. The molecule has 232 valence electrons. The van der Waals surface area contributed by atoms with Gasteiger partial charge < -0.3 is 13.6 Å². The zero-order valence-electron chi connectivity index (χ0n) is 27.9. The largest absolute Gasteiger partial charge is 0.447 e. The van der Waals surface area contributed by atoms with E-state index in [2.05, 4.69) is 81.5 Å². The van der Waals surface area contributed by atoms with Crippen LogP contribution >= 0.6 is 0 Å². The highest BCUT2D eigenvalue weighted by Crippen LogP contribution is 2.38. The van der Waals surface area contributed by atoms with Crippen molar-refractivity contribution in [3.8, 4) is 0 Å². The monoisotopic (exact) mass is 603 g/mol. The van der Waals surface area contributed by atoms with Gasteiger partial charge in [-0.3, -0.25) is 4.79 Å². The van der Waals surface area contributed by atoms with Gasteiger partial charge in [0.25, 0.3) is 0 Å². The van der Waals surface area contributed by atoms with E-state index in [1.165, 1.54) is 4.90 Å². The number of rotatable bonds is 14. The Kier molecular flexibility index (Phi) is 12.6. The van der Waals surface area contributed by atoms with Gasteiger partial charge in [0.1, 0.15) is 6.61 Å². The van der Waals surface area contributed by atoms with E-state index >= 15 is 0 Å². The van der Waals surface area contributed by atoms with E-state index in [0.717, 1.165) is 29.3 Å². The summed E-state index contributed by atoms with van der Waals surface area (Å²) in [5, 5.41) is 0.127. The van der Waals surface area contributed by atoms with Crippen molar-refractivity contribution in [3.05, 3.63) is 47.5 Å². The number of nitrogens with zero attached hydrogens (tertiary/aromatic N) is 1. The van der Waals surface area contributed by atoms with Crippen molar-refractivity contribution in [1.82, 2.24) is 4.90 Å². The van der Waals surface area contributed by atoms with Gasteiger partial charge in [-0.2, -0.15) is 0 Å². The highest BCUT2D eigenvalue weighted by atomic mass is 28.4. The molecular formula is C33H57NO5Si2. The lowest BCUT2D eigenvalue weighted by atomic mass is 9.92. The number of ether oxygens (including phenoxy) is 1. The van der Waals surface area contributed by atoms with Crippen LogP contribution in [0.4, 0.5) is 4.79 Å². The Hall–Kier alpha value is -1.75. The van der Waals surface area contributed by atoms with Crippen LogP contribution in [-0.4, -0.2) is 58.4 Å². The lowest BCUT2D eigenvalue weighted by Gasteiger charge is -2.40. The number of amides is 2. The van der Waals surface area contributed by atoms with E-state index in [0.29, 0.717) is 6.42 Å². The third-order valence-corrected chi connectivity index (χ3v) is 18.9. The van der Waals surface area contributed by atoms with Crippen molar-refractivity contribution in [2.45, 2.75) is 130 Å². The van der Waals surface area contributed by atoms with Gasteiger partial charge >= 0.3 is 6.09 Å². The van der Waals surface area contributed by atoms with Crippen molar-refractivity contribution in [2.24, 2.45) is 11.8 Å². The Bertz CT molecular complexity index is 1020. The van der Waals surface area contributed by atoms with Gasteiger partial charge in [-0.15, -0.1) is 0 Å². The highest BCUT2D eigenvalue weighted by molar-refractivity contribution is 6.74. The minimum absolute atomic E-state index is 0.0341. The van der Waals surface area contributed by atoms with Gasteiger partial charge in [0, 0.05) is 6.10 Å². The summed E-state index contributed by atoms with van der Waals surface area (Å²) in [6.07, 6.45) is 1.87. The summed E-state index contributed by atoms with van der Waals surface area (Å²) in [5.74, 6) is -0.618. The van der Waals surface area contributed by atoms with E-state index in [9.17, 15) is 9.59 Å². The standard InChI is InChI=1S/C33H57NO5Si2/c1-13-41(14-2,15-3)39-30(25(5)21-24(4)27(7)38-40(11,12)33(8,9)10)26(6)31(35)34-29(23-37-32(34)36)22-28-19-17-16-18-20-28/h16-21,24,26-27,29-30H,13-15,22-23H2,1-12H3/b25-21+/t24-,26+,27+,29+,30-/m0/s1. The summed E-state index contributed by atoms with van der Waals surface area (Å²) >= 11 is 0. The Morgan fingerprint density at radius 3 is 2.12 bits per heavy atom. The van der Waals surface area contributed by atoms with Gasteiger partial charge in [-0.1, -0.05) is 91.8 Å². The molecule has 1 saturated heterocycles. The molecule has 0 aliphatic carbocycles. The van der Waals surface area contributed by atoms with Gasteiger partial charge in [0.05, 0.1) is 18.1 Å². The molecule has 1 heterocycles. The summed E-state index contributed by atoms with van der Waals surface area (Å²) in [7, 11) is -4.02. The van der Waals surface area contributed by atoms with Crippen LogP contribution in [0.15, 0.2) is 42.0 Å². The first kappa shape index (κ1) is 35.5. The fourth-order valence-electron chi connectivity index (χ4n) is 5.37. The summed E-state index contributed by atoms with van der Waals surface area (Å²) in [6, 6.07) is 12.6. The topological polar surface area (TPSA) is 65.1 Å². The molecule has 1 aromatic carbocycles. The van der Waals surface area contributed by atoms with Crippen molar-refractivity contribution in [3.63, 3.8) is 0 Å². The molecule has 1 aromatic rings. The molecule has 0 unspecified atom stereocenters. The average Bonchev–Trinajstić information content (AvgIpc) is 3.28. The molecule has 2 rings (SSSR count). The Labute approximate surface area is 252 Å². The zero-order chi connectivity index (χ0) is 31.2. The number of cyclic esters (lactones) is 1. The van der Waals surface area contributed by atoms with Crippen molar-refractivity contribution < 1.29 is 23.2 Å². The molecule has 0 saturated carbocycles. The van der Waals surface area contributed by atoms with E-state index in [4.69, 9.17) is 13.6 Å². The number of imide groups is 1. The van der Waals surface area contributed by atoms with Crippen LogP contribution in [-0.2, 0) is 24.8 Å². The van der Waals surface area contributed by atoms with E-state index in [1.807, 2.05) is 37.3 Å². The number of carbonyl (C=O) groups excluding carboxylic acids is 2. The normalized spacial score (nSPS) is 20.0. The van der Waals surface area contributed by atoms with Gasteiger partial charge in [0.2, 0.25) is 5.91 Å².